The predicted molar refractivity (Wildman–Crippen MR) is 181 cm³/mol. The van der Waals surface area contributed by atoms with Gasteiger partial charge in [-0.3, -0.25) is 4.57 Å². The first-order valence-corrected chi connectivity index (χ1v) is 14.3. The lowest BCUT2D eigenvalue weighted by molar-refractivity contribution is 1.06. The van der Waals surface area contributed by atoms with Crippen molar-refractivity contribution >= 4 is 55.2 Å². The molecule has 0 unspecified atom stereocenters. The van der Waals surface area contributed by atoms with E-state index in [0.717, 1.165) is 28.5 Å². The van der Waals surface area contributed by atoms with Gasteiger partial charge in [0.25, 0.3) is 0 Å². The van der Waals surface area contributed by atoms with Crippen LogP contribution in [-0.4, -0.2) is 9.55 Å². The average molecular weight is 537 g/mol. The van der Waals surface area contributed by atoms with Gasteiger partial charge in [-0.1, -0.05) is 110 Å². The lowest BCUT2D eigenvalue weighted by Crippen LogP contribution is -2.00. The van der Waals surface area contributed by atoms with Crippen molar-refractivity contribution < 1.29 is 0 Å². The fourth-order valence-electron chi connectivity index (χ4n) is 6.60. The average Bonchev–Trinajstić information content (AvgIpc) is 3.42. The quantitative estimate of drug-likeness (QED) is 0.200. The van der Waals surface area contributed by atoms with Gasteiger partial charge in [-0.2, -0.15) is 0 Å². The molecule has 198 valence electrons. The Morgan fingerprint density at radius 2 is 1.21 bits per heavy atom. The van der Waals surface area contributed by atoms with Crippen LogP contribution in [0.4, 0.5) is 0 Å². The van der Waals surface area contributed by atoms with Crippen molar-refractivity contribution in [3.63, 3.8) is 0 Å². The minimum atomic E-state index is 0.823. The molecule has 1 heterocycles. The van der Waals surface area contributed by atoms with Crippen LogP contribution in [0.1, 0.15) is 17.0 Å². The van der Waals surface area contributed by atoms with Crippen molar-refractivity contribution in [2.45, 2.75) is 6.92 Å². The third-order valence-corrected chi connectivity index (χ3v) is 8.55. The molecule has 2 heteroatoms. The van der Waals surface area contributed by atoms with E-state index in [4.69, 9.17) is 4.98 Å². The van der Waals surface area contributed by atoms with E-state index in [1.165, 1.54) is 59.8 Å². The Morgan fingerprint density at radius 1 is 0.595 bits per heavy atom. The molecule has 0 fully saturated rings. The fraction of sp³-hybridized carbons (Fsp3) is 0.0250. The highest BCUT2D eigenvalue weighted by Gasteiger charge is 2.20. The third-order valence-electron chi connectivity index (χ3n) is 8.55. The second-order valence-corrected chi connectivity index (χ2v) is 11.0. The van der Waals surface area contributed by atoms with Gasteiger partial charge in [-0.25, -0.2) is 4.98 Å². The van der Waals surface area contributed by atoms with Gasteiger partial charge in [0, 0.05) is 11.3 Å². The van der Waals surface area contributed by atoms with Crippen LogP contribution in [0, 0.1) is 6.92 Å². The predicted octanol–water partition coefficient (Wildman–Crippen LogP) is 10.9. The molecular formula is C40H28N2. The first-order chi connectivity index (χ1) is 20.6. The zero-order valence-corrected chi connectivity index (χ0v) is 23.4. The monoisotopic (exact) mass is 536 g/mol. The van der Waals surface area contributed by atoms with Crippen molar-refractivity contribution in [2.24, 2.45) is 0 Å². The number of nitrogens with zero attached hydrogens (tertiary/aromatic N) is 2. The molecular weight excluding hydrogens is 508 g/mol. The molecule has 0 aliphatic heterocycles. The van der Waals surface area contributed by atoms with Gasteiger partial charge < -0.3 is 0 Å². The van der Waals surface area contributed by atoms with Crippen molar-refractivity contribution in [1.82, 2.24) is 9.55 Å². The number of aryl methyl sites for hydroxylation is 1. The highest BCUT2D eigenvalue weighted by Crippen LogP contribution is 2.43. The number of para-hydroxylation sites is 1. The third kappa shape index (κ3) is 3.55. The second kappa shape index (κ2) is 9.29. The second-order valence-electron chi connectivity index (χ2n) is 11.0. The SMILES string of the molecule is C=Cc1nc(-c2ccc3ccc4c(-c5ccc6cc(C)ccc6c5)ccc5ccc2c3c54)n(-c2ccccc2)c1C=C. The van der Waals surface area contributed by atoms with Gasteiger partial charge in [0.2, 0.25) is 0 Å². The van der Waals surface area contributed by atoms with Crippen LogP contribution in [0.25, 0.3) is 83.4 Å². The van der Waals surface area contributed by atoms with Gasteiger partial charge in [0.15, 0.2) is 0 Å². The number of hydrogen-bond donors (Lipinski definition) is 0. The summed E-state index contributed by atoms with van der Waals surface area (Å²) >= 11 is 0. The molecule has 0 atom stereocenters. The van der Waals surface area contributed by atoms with Crippen LogP contribution in [0.5, 0.6) is 0 Å². The molecule has 0 aliphatic carbocycles. The van der Waals surface area contributed by atoms with E-state index in [1.54, 1.807) is 0 Å². The minimum Gasteiger partial charge on any atom is -0.292 e. The Kier molecular flexibility index (Phi) is 5.38. The summed E-state index contributed by atoms with van der Waals surface area (Å²) in [6.45, 7) is 10.3. The fourth-order valence-corrected chi connectivity index (χ4v) is 6.60. The van der Waals surface area contributed by atoms with Crippen molar-refractivity contribution in [1.29, 1.82) is 0 Å². The molecule has 0 bridgehead atoms. The van der Waals surface area contributed by atoms with E-state index >= 15 is 0 Å². The maximum absolute atomic E-state index is 5.10. The van der Waals surface area contributed by atoms with E-state index in [0.29, 0.717) is 0 Å². The van der Waals surface area contributed by atoms with E-state index in [2.05, 4.69) is 134 Å². The highest BCUT2D eigenvalue weighted by atomic mass is 15.1. The molecule has 0 aliphatic rings. The molecule has 8 aromatic rings. The summed E-state index contributed by atoms with van der Waals surface area (Å²) in [7, 11) is 0. The van der Waals surface area contributed by atoms with Gasteiger partial charge in [-0.05, 0) is 97.6 Å². The topological polar surface area (TPSA) is 17.8 Å². The van der Waals surface area contributed by atoms with E-state index in [1.807, 2.05) is 18.2 Å². The summed E-state index contributed by atoms with van der Waals surface area (Å²) in [6, 6.07) is 41.8. The first-order valence-electron chi connectivity index (χ1n) is 14.3. The zero-order chi connectivity index (χ0) is 28.4. The Hall–Kier alpha value is -5.47. The van der Waals surface area contributed by atoms with Crippen LogP contribution in [-0.2, 0) is 0 Å². The van der Waals surface area contributed by atoms with Crippen LogP contribution in [0.15, 0.2) is 128 Å². The summed E-state index contributed by atoms with van der Waals surface area (Å²) in [6.07, 6.45) is 3.68. The molecule has 8 rings (SSSR count). The first kappa shape index (κ1) is 24.3. The van der Waals surface area contributed by atoms with E-state index in [-0.39, 0.29) is 0 Å². The molecule has 0 saturated heterocycles. The van der Waals surface area contributed by atoms with Crippen LogP contribution < -0.4 is 0 Å². The van der Waals surface area contributed by atoms with E-state index in [9.17, 15) is 0 Å². The summed E-state index contributed by atoms with van der Waals surface area (Å²) in [5.41, 5.74) is 7.65. The molecule has 0 amide bonds. The standard InChI is InChI=1S/C40H28N2/c1-4-36-37(5-2)42(31-9-7-6-8-10-31)40(41-36)35-22-18-27-16-20-33-32(19-15-26-17-21-34(35)39(27)38(26)33)30-14-13-28-23-25(3)11-12-29(28)24-30/h4-24H,1-2H2,3H3. The van der Waals surface area contributed by atoms with Crippen molar-refractivity contribution in [3.8, 4) is 28.2 Å². The number of rotatable bonds is 5. The molecule has 7 aromatic carbocycles. The Labute approximate surface area is 244 Å². The largest absolute Gasteiger partial charge is 0.292 e. The summed E-state index contributed by atoms with van der Waals surface area (Å²) in [4.78, 5) is 5.10. The maximum Gasteiger partial charge on any atom is 0.146 e. The highest BCUT2D eigenvalue weighted by molar-refractivity contribution is 6.27. The number of hydrogen-bond acceptors (Lipinski definition) is 1. The van der Waals surface area contributed by atoms with Crippen LogP contribution in [0.3, 0.4) is 0 Å². The number of aromatic nitrogens is 2. The Bertz CT molecular complexity index is 2340. The van der Waals surface area contributed by atoms with Crippen LogP contribution in [0.2, 0.25) is 0 Å². The lowest BCUT2D eigenvalue weighted by Gasteiger charge is -2.17. The normalized spacial score (nSPS) is 11.6. The lowest BCUT2D eigenvalue weighted by atomic mass is 9.88. The molecule has 1 aromatic heterocycles. The number of imidazole rings is 1. The Morgan fingerprint density at radius 3 is 1.93 bits per heavy atom. The molecule has 0 radical (unpaired) electrons. The molecule has 0 saturated carbocycles. The van der Waals surface area contributed by atoms with Crippen molar-refractivity contribution in [2.75, 3.05) is 0 Å². The number of fused-ring (bicyclic) bond motifs is 1. The van der Waals surface area contributed by atoms with Crippen molar-refractivity contribution in [3.05, 3.63) is 145 Å². The molecule has 0 spiro atoms. The summed E-state index contributed by atoms with van der Waals surface area (Å²) in [5, 5.41) is 10.0. The maximum atomic E-state index is 5.10. The number of benzene rings is 7. The summed E-state index contributed by atoms with van der Waals surface area (Å²) in [5.74, 6) is 0.883. The molecule has 2 nitrogen and oxygen atoms in total. The van der Waals surface area contributed by atoms with Gasteiger partial charge in [-0.15, -0.1) is 0 Å². The van der Waals surface area contributed by atoms with Gasteiger partial charge in [0.05, 0.1) is 11.4 Å². The van der Waals surface area contributed by atoms with Crippen LogP contribution >= 0.6 is 0 Å². The van der Waals surface area contributed by atoms with Gasteiger partial charge in [0.1, 0.15) is 5.82 Å². The summed E-state index contributed by atoms with van der Waals surface area (Å²) < 4.78 is 2.19. The minimum absolute atomic E-state index is 0.823. The smallest absolute Gasteiger partial charge is 0.146 e. The van der Waals surface area contributed by atoms with E-state index < -0.39 is 0 Å². The molecule has 42 heavy (non-hydrogen) atoms. The van der Waals surface area contributed by atoms with Gasteiger partial charge >= 0.3 is 0 Å². The Balaban J connectivity index is 1.42. The zero-order valence-electron chi connectivity index (χ0n) is 23.4. The molecule has 0 N–H and O–H groups in total.